The summed E-state index contributed by atoms with van der Waals surface area (Å²) >= 11 is 0. The first-order chi connectivity index (χ1) is 11.1. The average Bonchev–Trinajstić information content (AvgIpc) is 3.01. The number of furan rings is 1. The van der Waals surface area contributed by atoms with Gasteiger partial charge in [-0.1, -0.05) is 12.1 Å². The first kappa shape index (κ1) is 18.6. The van der Waals surface area contributed by atoms with E-state index in [2.05, 4.69) is 0 Å². The van der Waals surface area contributed by atoms with E-state index < -0.39 is 10.9 Å². The zero-order valence-electron chi connectivity index (χ0n) is 12.7. The molecule has 2 N–H and O–H groups in total. The Labute approximate surface area is 137 Å². The van der Waals surface area contributed by atoms with Crippen molar-refractivity contribution in [2.45, 2.75) is 6.92 Å². The number of nitro groups is 1. The molecule has 0 amide bonds. The van der Waals surface area contributed by atoms with Crippen LogP contribution >= 0.6 is 0 Å². The maximum Gasteiger partial charge on any atom is 0.349 e. The first-order valence-corrected chi connectivity index (χ1v) is 6.69. The molecule has 0 spiro atoms. The van der Waals surface area contributed by atoms with Gasteiger partial charge in [0.2, 0.25) is 0 Å². The molecule has 0 aliphatic heterocycles. The summed E-state index contributed by atoms with van der Waals surface area (Å²) in [6, 6.07) is 10.9. The van der Waals surface area contributed by atoms with Gasteiger partial charge in [-0.05, 0) is 25.1 Å². The fraction of sp³-hybridized carbons (Fsp3) is 0.125. The molecule has 1 aromatic heterocycles. The highest BCUT2D eigenvalue weighted by Gasteiger charge is 2.17. The molecule has 0 aliphatic rings. The number of nitro benzene ring substituents is 1. The second-order valence-corrected chi connectivity index (χ2v) is 4.37. The second-order valence-electron chi connectivity index (χ2n) is 4.37. The number of hydrogen-bond acceptors (Lipinski definition) is 6. The second kappa shape index (κ2) is 8.26. The smallest absolute Gasteiger partial charge is 0.349 e. The molecule has 0 saturated heterocycles. The molecule has 2 rings (SSSR count). The Morgan fingerprint density at radius 2 is 2.08 bits per heavy atom. The molecule has 124 valence electrons. The van der Waals surface area contributed by atoms with Gasteiger partial charge in [-0.25, -0.2) is 4.79 Å². The zero-order valence-corrected chi connectivity index (χ0v) is 12.7. The van der Waals surface area contributed by atoms with Gasteiger partial charge in [0.05, 0.1) is 17.1 Å². The van der Waals surface area contributed by atoms with E-state index in [0.29, 0.717) is 5.56 Å². The van der Waals surface area contributed by atoms with Gasteiger partial charge >= 0.3 is 5.97 Å². The molecule has 1 aromatic carbocycles. The van der Waals surface area contributed by atoms with E-state index in [1.807, 2.05) is 0 Å². The molecule has 0 aliphatic carbocycles. The quantitative estimate of drug-likeness (QED) is 0.271. The van der Waals surface area contributed by atoms with Gasteiger partial charge in [-0.3, -0.25) is 10.1 Å². The van der Waals surface area contributed by atoms with Gasteiger partial charge in [0.25, 0.3) is 5.69 Å². The van der Waals surface area contributed by atoms with Crippen LogP contribution in [0, 0.1) is 21.4 Å². The number of para-hydroxylation sites is 1. The lowest BCUT2D eigenvalue weighted by atomic mass is 10.1. The summed E-state index contributed by atoms with van der Waals surface area (Å²) < 4.78 is 10.2. The number of esters is 1. The van der Waals surface area contributed by atoms with Crippen molar-refractivity contribution in [1.29, 1.82) is 5.26 Å². The van der Waals surface area contributed by atoms with Gasteiger partial charge in [0.15, 0.2) is 0 Å². The summed E-state index contributed by atoms with van der Waals surface area (Å²) in [5.41, 5.74) is 0.00498. The molecule has 2 aromatic rings. The predicted molar refractivity (Wildman–Crippen MR) is 84.6 cm³/mol. The summed E-state index contributed by atoms with van der Waals surface area (Å²) in [4.78, 5) is 22.1. The monoisotopic (exact) mass is 330 g/mol. The lowest BCUT2D eigenvalue weighted by Gasteiger charge is -1.99. The largest absolute Gasteiger partial charge is 0.462 e. The fourth-order valence-electron chi connectivity index (χ4n) is 1.90. The molecular weight excluding hydrogens is 316 g/mol. The number of benzene rings is 1. The third-order valence-electron chi connectivity index (χ3n) is 2.90. The van der Waals surface area contributed by atoms with Crippen LogP contribution in [0.3, 0.4) is 0 Å². The summed E-state index contributed by atoms with van der Waals surface area (Å²) in [6.07, 6.45) is 1.23. The van der Waals surface area contributed by atoms with E-state index in [1.165, 1.54) is 24.3 Å². The number of nitriles is 1. The lowest BCUT2D eigenvalue weighted by Crippen LogP contribution is -2.05. The van der Waals surface area contributed by atoms with Crippen molar-refractivity contribution in [2.24, 2.45) is 0 Å². The van der Waals surface area contributed by atoms with Crippen molar-refractivity contribution in [3.8, 4) is 17.4 Å². The van der Waals surface area contributed by atoms with Crippen molar-refractivity contribution < 1.29 is 24.3 Å². The number of rotatable bonds is 5. The van der Waals surface area contributed by atoms with E-state index >= 15 is 0 Å². The van der Waals surface area contributed by atoms with Gasteiger partial charge < -0.3 is 14.6 Å². The van der Waals surface area contributed by atoms with Gasteiger partial charge in [-0.15, -0.1) is 0 Å². The molecular formula is C16H14N2O6. The standard InChI is InChI=1S/C16H12N2O5.H2O/c1-2-22-16(19)11(10-17)9-12-7-8-15(23-12)13-5-3-4-6-14(13)18(20)21;/h3-9H,2H2,1H3;1H2/b11-9+;. The first-order valence-electron chi connectivity index (χ1n) is 6.69. The highest BCUT2D eigenvalue weighted by atomic mass is 16.6. The van der Waals surface area contributed by atoms with E-state index in [1.54, 1.807) is 31.2 Å². The maximum atomic E-state index is 11.6. The number of hydrogen-bond donors (Lipinski definition) is 0. The average molecular weight is 330 g/mol. The minimum atomic E-state index is -0.751. The lowest BCUT2D eigenvalue weighted by molar-refractivity contribution is -0.384. The van der Waals surface area contributed by atoms with Gasteiger partial charge in [0, 0.05) is 12.1 Å². The highest BCUT2D eigenvalue weighted by Crippen LogP contribution is 2.31. The van der Waals surface area contributed by atoms with Crippen LogP contribution in [0.4, 0.5) is 5.69 Å². The minimum Gasteiger partial charge on any atom is -0.462 e. The molecule has 0 saturated carbocycles. The van der Waals surface area contributed by atoms with E-state index in [9.17, 15) is 14.9 Å². The SMILES string of the molecule is CCOC(=O)/C(C#N)=C/c1ccc(-c2ccccc2[N+](=O)[O-])o1.O. The molecule has 0 unspecified atom stereocenters. The van der Waals surface area contributed by atoms with Crippen LogP contribution in [-0.4, -0.2) is 23.0 Å². The Morgan fingerprint density at radius 1 is 1.38 bits per heavy atom. The third-order valence-corrected chi connectivity index (χ3v) is 2.90. The molecule has 0 atom stereocenters. The Bertz CT molecular complexity index is 816. The maximum absolute atomic E-state index is 11.6. The van der Waals surface area contributed by atoms with Crippen molar-refractivity contribution >= 4 is 17.7 Å². The molecule has 0 fully saturated rings. The minimum absolute atomic E-state index is 0. The Kier molecular flexibility index (Phi) is 6.40. The summed E-state index contributed by atoms with van der Waals surface area (Å²) in [5, 5.41) is 20.0. The Morgan fingerprint density at radius 3 is 2.71 bits per heavy atom. The van der Waals surface area contributed by atoms with Crippen LogP contribution in [0.15, 0.2) is 46.4 Å². The summed E-state index contributed by atoms with van der Waals surface area (Å²) in [5.74, 6) is -0.258. The van der Waals surface area contributed by atoms with Crippen molar-refractivity contribution in [3.05, 3.63) is 57.8 Å². The van der Waals surface area contributed by atoms with E-state index in [-0.39, 0.29) is 34.9 Å². The zero-order chi connectivity index (χ0) is 16.8. The van der Waals surface area contributed by atoms with Gasteiger partial charge in [0.1, 0.15) is 23.2 Å². The van der Waals surface area contributed by atoms with Crippen LogP contribution < -0.4 is 0 Å². The normalized spacial score (nSPS) is 10.4. The van der Waals surface area contributed by atoms with Crippen molar-refractivity contribution in [1.82, 2.24) is 0 Å². The summed E-state index contributed by atoms with van der Waals surface area (Å²) in [6.45, 7) is 1.78. The predicted octanol–water partition coefficient (Wildman–Crippen LogP) is 2.50. The van der Waals surface area contributed by atoms with Crippen molar-refractivity contribution in [2.75, 3.05) is 6.61 Å². The Balaban J connectivity index is 0.00000288. The molecule has 8 nitrogen and oxygen atoms in total. The Hall–Kier alpha value is -3.44. The fourth-order valence-corrected chi connectivity index (χ4v) is 1.90. The van der Waals surface area contributed by atoms with Crippen LogP contribution in [0.2, 0.25) is 0 Å². The molecule has 24 heavy (non-hydrogen) atoms. The molecule has 1 heterocycles. The van der Waals surface area contributed by atoms with Gasteiger partial charge in [-0.2, -0.15) is 5.26 Å². The third kappa shape index (κ3) is 4.06. The number of nitrogens with zero attached hydrogens (tertiary/aromatic N) is 2. The molecule has 0 bridgehead atoms. The highest BCUT2D eigenvalue weighted by molar-refractivity contribution is 5.97. The molecule has 0 radical (unpaired) electrons. The topological polar surface area (TPSA) is 138 Å². The van der Waals surface area contributed by atoms with Crippen LogP contribution in [0.1, 0.15) is 12.7 Å². The van der Waals surface area contributed by atoms with Crippen LogP contribution in [0.5, 0.6) is 0 Å². The molecule has 8 heteroatoms. The number of carbonyl (C=O) groups is 1. The van der Waals surface area contributed by atoms with Crippen molar-refractivity contribution in [3.63, 3.8) is 0 Å². The number of carbonyl (C=O) groups excluding carboxylic acids is 1. The number of ether oxygens (including phenoxy) is 1. The van der Waals surface area contributed by atoms with E-state index in [0.717, 1.165) is 0 Å². The van der Waals surface area contributed by atoms with Crippen LogP contribution in [-0.2, 0) is 9.53 Å². The van der Waals surface area contributed by atoms with Crippen LogP contribution in [0.25, 0.3) is 17.4 Å². The summed E-state index contributed by atoms with van der Waals surface area (Å²) in [7, 11) is 0. The van der Waals surface area contributed by atoms with E-state index in [4.69, 9.17) is 14.4 Å².